The molecule has 5 nitrogen and oxygen atoms in total. The number of hydrogen-bond acceptors (Lipinski definition) is 5. The molecule has 0 radical (unpaired) electrons. The zero-order valence-electron chi connectivity index (χ0n) is 12.6. The van der Waals surface area contributed by atoms with Crippen molar-refractivity contribution in [2.24, 2.45) is 0 Å². The third kappa shape index (κ3) is 4.04. The van der Waals surface area contributed by atoms with Gasteiger partial charge in [-0.3, -0.25) is 4.79 Å². The lowest BCUT2D eigenvalue weighted by atomic mass is 9.78. The molecular weight excluding hydrogens is 289 g/mol. The van der Waals surface area contributed by atoms with Gasteiger partial charge in [-0.25, -0.2) is 9.18 Å². The smallest absolute Gasteiger partial charge is 0.331 e. The quantitative estimate of drug-likeness (QED) is 0.723. The predicted octanol–water partition coefficient (Wildman–Crippen LogP) is 2.49. The third-order valence-electron chi connectivity index (χ3n) is 3.14. The highest BCUT2D eigenvalue weighted by Gasteiger charge is 2.43. The van der Waals surface area contributed by atoms with E-state index in [-0.39, 0.29) is 31.6 Å². The Morgan fingerprint density at radius 3 is 2.50 bits per heavy atom. The van der Waals surface area contributed by atoms with Gasteiger partial charge in [-0.2, -0.15) is 5.26 Å². The molecule has 22 heavy (non-hydrogen) atoms. The van der Waals surface area contributed by atoms with Crippen molar-refractivity contribution in [1.29, 1.82) is 5.26 Å². The van der Waals surface area contributed by atoms with Crippen LogP contribution in [0.3, 0.4) is 0 Å². The molecule has 1 atom stereocenters. The summed E-state index contributed by atoms with van der Waals surface area (Å²) >= 11 is 0. The highest BCUT2D eigenvalue weighted by atomic mass is 19.1. The average molecular weight is 307 g/mol. The number of carbonyl (C=O) groups excluding carboxylic acids is 2. The van der Waals surface area contributed by atoms with E-state index >= 15 is 0 Å². The summed E-state index contributed by atoms with van der Waals surface area (Å²) in [4.78, 5) is 23.8. The molecule has 0 amide bonds. The predicted molar refractivity (Wildman–Crippen MR) is 76.2 cm³/mol. The van der Waals surface area contributed by atoms with Crippen molar-refractivity contribution in [3.05, 3.63) is 35.6 Å². The summed E-state index contributed by atoms with van der Waals surface area (Å²) < 4.78 is 23.2. The van der Waals surface area contributed by atoms with Gasteiger partial charge in [0.1, 0.15) is 5.82 Å². The summed E-state index contributed by atoms with van der Waals surface area (Å²) in [5.41, 5.74) is -1.57. The number of nitrogens with zero attached hydrogens (tertiary/aromatic N) is 1. The first-order chi connectivity index (χ1) is 10.5. The van der Waals surface area contributed by atoms with Gasteiger partial charge in [0, 0.05) is 6.42 Å². The second-order valence-electron chi connectivity index (χ2n) is 4.55. The molecular formula is C16H18FNO4. The lowest BCUT2D eigenvalue weighted by Crippen LogP contribution is -2.37. The van der Waals surface area contributed by atoms with E-state index in [1.807, 2.05) is 6.07 Å². The minimum atomic E-state index is -1.73. The van der Waals surface area contributed by atoms with Gasteiger partial charge < -0.3 is 9.47 Å². The number of esters is 2. The fraction of sp³-hybridized carbons (Fsp3) is 0.438. The van der Waals surface area contributed by atoms with Crippen LogP contribution in [0.5, 0.6) is 0 Å². The Hall–Kier alpha value is -2.42. The summed E-state index contributed by atoms with van der Waals surface area (Å²) in [6.07, 6.45) is -0.276. The second kappa shape index (κ2) is 8.13. The first-order valence-corrected chi connectivity index (χ1v) is 7.00. The number of halogens is 1. The Labute approximate surface area is 128 Å². The highest BCUT2D eigenvalue weighted by Crippen LogP contribution is 2.31. The number of carbonyl (C=O) groups is 2. The van der Waals surface area contributed by atoms with Crippen molar-refractivity contribution in [3.8, 4) is 6.07 Å². The monoisotopic (exact) mass is 307 g/mol. The molecule has 118 valence electrons. The maximum Gasteiger partial charge on any atom is 0.331 e. The number of hydrogen-bond donors (Lipinski definition) is 0. The summed E-state index contributed by atoms with van der Waals surface area (Å²) in [7, 11) is 0. The largest absolute Gasteiger partial charge is 0.466 e. The van der Waals surface area contributed by atoms with E-state index < -0.39 is 23.2 Å². The van der Waals surface area contributed by atoms with E-state index in [9.17, 15) is 19.2 Å². The van der Waals surface area contributed by atoms with Gasteiger partial charge in [-0.05, 0) is 38.0 Å². The molecule has 0 aromatic heterocycles. The van der Waals surface area contributed by atoms with Crippen molar-refractivity contribution in [2.75, 3.05) is 13.2 Å². The molecule has 0 heterocycles. The Balaban J connectivity index is 3.16. The standard InChI is InChI=1S/C16H18FNO4/c1-3-21-14(19)8-9-16(11-18,15(20)22-4-2)12-6-5-7-13(17)10-12/h5-7,10H,3-4,8-9H2,1-2H3. The Bertz CT molecular complexity index is 582. The maximum absolute atomic E-state index is 13.4. The lowest BCUT2D eigenvalue weighted by Gasteiger charge is -2.24. The van der Waals surface area contributed by atoms with Gasteiger partial charge in [-0.15, -0.1) is 0 Å². The van der Waals surface area contributed by atoms with E-state index in [4.69, 9.17) is 9.47 Å². The van der Waals surface area contributed by atoms with Crippen LogP contribution in [-0.4, -0.2) is 25.2 Å². The van der Waals surface area contributed by atoms with Gasteiger partial charge in [0.05, 0.1) is 19.3 Å². The average Bonchev–Trinajstić information content (AvgIpc) is 2.49. The van der Waals surface area contributed by atoms with E-state index in [2.05, 4.69) is 0 Å². The van der Waals surface area contributed by atoms with Crippen molar-refractivity contribution >= 4 is 11.9 Å². The molecule has 6 heteroatoms. The molecule has 0 bridgehead atoms. The maximum atomic E-state index is 13.4. The molecule has 0 saturated heterocycles. The summed E-state index contributed by atoms with van der Waals surface area (Å²) in [5, 5.41) is 9.54. The van der Waals surface area contributed by atoms with Crippen LogP contribution in [0.15, 0.2) is 24.3 Å². The molecule has 0 fully saturated rings. The zero-order valence-corrected chi connectivity index (χ0v) is 12.6. The molecule has 1 rings (SSSR count). The van der Waals surface area contributed by atoms with Crippen molar-refractivity contribution in [1.82, 2.24) is 0 Å². The fourth-order valence-corrected chi connectivity index (χ4v) is 2.06. The van der Waals surface area contributed by atoms with Crippen LogP contribution in [0, 0.1) is 17.1 Å². The van der Waals surface area contributed by atoms with Gasteiger partial charge in [0.2, 0.25) is 0 Å². The van der Waals surface area contributed by atoms with E-state index in [0.717, 1.165) is 6.07 Å². The van der Waals surface area contributed by atoms with Crippen LogP contribution in [0.1, 0.15) is 32.3 Å². The SMILES string of the molecule is CCOC(=O)CCC(C#N)(C(=O)OCC)c1cccc(F)c1. The van der Waals surface area contributed by atoms with Gasteiger partial charge in [-0.1, -0.05) is 12.1 Å². The first kappa shape index (κ1) is 17.6. The van der Waals surface area contributed by atoms with Crippen molar-refractivity contribution in [2.45, 2.75) is 32.1 Å². The van der Waals surface area contributed by atoms with Crippen LogP contribution in [0.25, 0.3) is 0 Å². The van der Waals surface area contributed by atoms with Crippen LogP contribution in [-0.2, 0) is 24.5 Å². The van der Waals surface area contributed by atoms with E-state index in [0.29, 0.717) is 0 Å². The molecule has 0 aliphatic heterocycles. The molecule has 0 N–H and O–H groups in total. The zero-order chi connectivity index (χ0) is 16.6. The summed E-state index contributed by atoms with van der Waals surface area (Å²) in [5.74, 6) is -1.90. The fourth-order valence-electron chi connectivity index (χ4n) is 2.06. The van der Waals surface area contributed by atoms with Gasteiger partial charge in [0.25, 0.3) is 0 Å². The summed E-state index contributed by atoms with van der Waals surface area (Å²) in [6, 6.07) is 7.07. The molecule has 1 aromatic rings. The number of rotatable bonds is 7. The molecule has 1 unspecified atom stereocenters. The van der Waals surface area contributed by atoms with Crippen LogP contribution < -0.4 is 0 Å². The molecule has 0 saturated carbocycles. The van der Waals surface area contributed by atoms with Crippen LogP contribution in [0.4, 0.5) is 4.39 Å². The molecule has 0 aliphatic rings. The topological polar surface area (TPSA) is 76.4 Å². The second-order valence-corrected chi connectivity index (χ2v) is 4.55. The van der Waals surface area contributed by atoms with Crippen molar-refractivity contribution in [3.63, 3.8) is 0 Å². The number of benzene rings is 1. The van der Waals surface area contributed by atoms with Crippen LogP contribution >= 0.6 is 0 Å². The number of ether oxygens (including phenoxy) is 2. The molecule has 0 aliphatic carbocycles. The normalized spacial score (nSPS) is 12.8. The van der Waals surface area contributed by atoms with Crippen LogP contribution in [0.2, 0.25) is 0 Å². The highest BCUT2D eigenvalue weighted by molar-refractivity contribution is 5.87. The Morgan fingerprint density at radius 2 is 1.95 bits per heavy atom. The third-order valence-corrected chi connectivity index (χ3v) is 3.14. The first-order valence-electron chi connectivity index (χ1n) is 7.00. The number of nitriles is 1. The van der Waals surface area contributed by atoms with E-state index in [1.165, 1.54) is 18.2 Å². The molecule has 1 aromatic carbocycles. The minimum Gasteiger partial charge on any atom is -0.466 e. The summed E-state index contributed by atoms with van der Waals surface area (Å²) in [6.45, 7) is 3.55. The Morgan fingerprint density at radius 1 is 1.27 bits per heavy atom. The van der Waals surface area contributed by atoms with Gasteiger partial charge in [0.15, 0.2) is 5.41 Å². The van der Waals surface area contributed by atoms with E-state index in [1.54, 1.807) is 13.8 Å². The van der Waals surface area contributed by atoms with Gasteiger partial charge >= 0.3 is 11.9 Å². The van der Waals surface area contributed by atoms with Crippen molar-refractivity contribution < 1.29 is 23.5 Å². The molecule has 0 spiro atoms. The Kier molecular flexibility index (Phi) is 6.51. The lowest BCUT2D eigenvalue weighted by molar-refractivity contribution is -0.149. The minimum absolute atomic E-state index is 0.0803.